The van der Waals surface area contributed by atoms with Crippen LogP contribution in [0.25, 0.3) is 0 Å². The molecule has 4 heteroatoms. The van der Waals surface area contributed by atoms with E-state index >= 15 is 0 Å². The van der Waals surface area contributed by atoms with Gasteiger partial charge in [0.2, 0.25) is 0 Å². The molecule has 0 radical (unpaired) electrons. The molecule has 21 heavy (non-hydrogen) atoms. The van der Waals surface area contributed by atoms with Gasteiger partial charge in [0.1, 0.15) is 0 Å². The van der Waals surface area contributed by atoms with Crippen molar-refractivity contribution in [2.45, 2.75) is 57.2 Å². The molecule has 0 bridgehead atoms. The molecule has 1 N–H and O–H groups in total. The second-order valence-corrected chi connectivity index (χ2v) is 6.03. The maximum absolute atomic E-state index is 12.7. The molecule has 1 aromatic rings. The highest BCUT2D eigenvalue weighted by atomic mass is 19.4. The third-order valence-corrected chi connectivity index (χ3v) is 4.31. The zero-order valence-electron chi connectivity index (χ0n) is 12.3. The highest BCUT2D eigenvalue weighted by Gasteiger charge is 2.32. The molecule has 1 aromatic carbocycles. The van der Waals surface area contributed by atoms with Crippen molar-refractivity contribution in [1.82, 2.24) is 5.32 Å². The fourth-order valence-corrected chi connectivity index (χ4v) is 3.16. The van der Waals surface area contributed by atoms with Crippen molar-refractivity contribution in [3.05, 3.63) is 35.9 Å². The zero-order valence-corrected chi connectivity index (χ0v) is 12.3. The van der Waals surface area contributed by atoms with E-state index in [2.05, 4.69) is 5.32 Å². The second-order valence-electron chi connectivity index (χ2n) is 6.03. The average Bonchev–Trinajstić information content (AvgIpc) is 2.47. The summed E-state index contributed by atoms with van der Waals surface area (Å²) in [6, 6.07) is 8.32. The number of alkyl halides is 3. The van der Waals surface area contributed by atoms with Crippen LogP contribution in [-0.4, -0.2) is 12.7 Å². The first-order valence-corrected chi connectivity index (χ1v) is 7.90. The van der Waals surface area contributed by atoms with Crippen LogP contribution in [0.3, 0.4) is 0 Å². The molecule has 0 saturated heterocycles. The number of hydrogen-bond acceptors (Lipinski definition) is 1. The van der Waals surface area contributed by atoms with Crippen LogP contribution in [0.4, 0.5) is 13.2 Å². The summed E-state index contributed by atoms with van der Waals surface area (Å²) in [5.41, 5.74) is 0.721. The van der Waals surface area contributed by atoms with Gasteiger partial charge < -0.3 is 5.32 Å². The van der Waals surface area contributed by atoms with Gasteiger partial charge in [-0.05, 0) is 24.4 Å². The lowest BCUT2D eigenvalue weighted by Crippen LogP contribution is -2.28. The fraction of sp³-hybridized carbons (Fsp3) is 0.647. The van der Waals surface area contributed by atoms with Crippen molar-refractivity contribution in [2.75, 3.05) is 6.54 Å². The third kappa shape index (κ3) is 6.08. The topological polar surface area (TPSA) is 12.0 Å². The third-order valence-electron chi connectivity index (χ3n) is 4.31. The molecule has 1 unspecified atom stereocenters. The lowest BCUT2D eigenvalue weighted by atomic mass is 9.87. The summed E-state index contributed by atoms with van der Waals surface area (Å²) in [5.74, 6) is 0.688. The number of rotatable bonds is 6. The van der Waals surface area contributed by atoms with Crippen LogP contribution < -0.4 is 5.32 Å². The van der Waals surface area contributed by atoms with Crippen LogP contribution in [0.15, 0.2) is 30.3 Å². The van der Waals surface area contributed by atoms with Crippen LogP contribution >= 0.6 is 0 Å². The van der Waals surface area contributed by atoms with Gasteiger partial charge in [0.15, 0.2) is 0 Å². The van der Waals surface area contributed by atoms with E-state index in [1.54, 1.807) is 24.3 Å². The fourth-order valence-electron chi connectivity index (χ4n) is 3.16. The maximum Gasteiger partial charge on any atom is 0.390 e. The largest absolute Gasteiger partial charge is 0.390 e. The average molecular weight is 299 g/mol. The van der Waals surface area contributed by atoms with Gasteiger partial charge in [-0.2, -0.15) is 13.2 Å². The molecule has 1 nitrogen and oxygen atoms in total. The van der Waals surface area contributed by atoms with Crippen LogP contribution in [0.1, 0.15) is 56.6 Å². The first-order chi connectivity index (χ1) is 10.0. The molecule has 0 heterocycles. The first kappa shape index (κ1) is 16.3. The van der Waals surface area contributed by atoms with E-state index in [9.17, 15) is 13.2 Å². The first-order valence-electron chi connectivity index (χ1n) is 7.90. The Labute approximate surface area is 124 Å². The molecule has 118 valence electrons. The SMILES string of the molecule is FC(F)(F)CC(NCCC1CCCCC1)c1ccccc1. The van der Waals surface area contributed by atoms with Gasteiger partial charge in [0.05, 0.1) is 6.42 Å². The molecule has 1 atom stereocenters. The molecule has 1 aliphatic rings. The Bertz CT molecular complexity index is 396. The predicted molar refractivity (Wildman–Crippen MR) is 79.0 cm³/mol. The minimum atomic E-state index is -4.14. The van der Waals surface area contributed by atoms with Gasteiger partial charge in [-0.15, -0.1) is 0 Å². The lowest BCUT2D eigenvalue weighted by molar-refractivity contribution is -0.140. The van der Waals surface area contributed by atoms with Crippen molar-refractivity contribution < 1.29 is 13.2 Å². The predicted octanol–water partition coefficient (Wildman–Crippen LogP) is 5.24. The lowest BCUT2D eigenvalue weighted by Gasteiger charge is -2.24. The van der Waals surface area contributed by atoms with Gasteiger partial charge in [-0.25, -0.2) is 0 Å². The Morgan fingerprint density at radius 3 is 2.33 bits per heavy atom. The molecule has 2 rings (SSSR count). The number of benzene rings is 1. The van der Waals surface area contributed by atoms with E-state index < -0.39 is 18.6 Å². The molecular formula is C17H24F3N. The van der Waals surface area contributed by atoms with Crippen molar-refractivity contribution in [3.8, 4) is 0 Å². The standard InChI is InChI=1S/C17H24F3N/c18-17(19,20)13-16(15-9-5-2-6-10-15)21-12-11-14-7-3-1-4-8-14/h2,5-6,9-10,14,16,21H,1,3-4,7-8,11-13H2. The van der Waals surface area contributed by atoms with E-state index in [1.165, 1.54) is 32.1 Å². The van der Waals surface area contributed by atoms with E-state index in [-0.39, 0.29) is 0 Å². The van der Waals surface area contributed by atoms with Crippen LogP contribution in [0.2, 0.25) is 0 Å². The van der Waals surface area contributed by atoms with Crippen molar-refractivity contribution in [1.29, 1.82) is 0 Å². The molecular weight excluding hydrogens is 275 g/mol. The van der Waals surface area contributed by atoms with Gasteiger partial charge in [-0.3, -0.25) is 0 Å². The number of hydrogen-bond donors (Lipinski definition) is 1. The van der Waals surface area contributed by atoms with Crippen LogP contribution in [-0.2, 0) is 0 Å². The van der Waals surface area contributed by atoms with E-state index in [1.807, 2.05) is 6.07 Å². The second kappa shape index (κ2) is 7.83. The van der Waals surface area contributed by atoms with Gasteiger partial charge in [-0.1, -0.05) is 62.4 Å². The van der Waals surface area contributed by atoms with E-state index in [4.69, 9.17) is 0 Å². The van der Waals surface area contributed by atoms with E-state index in [0.717, 1.165) is 12.0 Å². The minimum absolute atomic E-state index is 0.630. The quantitative estimate of drug-likeness (QED) is 0.757. The Kier molecular flexibility index (Phi) is 6.09. The monoisotopic (exact) mass is 299 g/mol. The van der Waals surface area contributed by atoms with Gasteiger partial charge >= 0.3 is 6.18 Å². The summed E-state index contributed by atoms with van der Waals surface area (Å²) >= 11 is 0. The molecule has 0 amide bonds. The highest BCUT2D eigenvalue weighted by Crippen LogP contribution is 2.30. The molecule has 0 aliphatic heterocycles. The molecule has 1 saturated carbocycles. The molecule has 1 fully saturated rings. The Morgan fingerprint density at radius 2 is 1.71 bits per heavy atom. The van der Waals surface area contributed by atoms with Crippen LogP contribution in [0.5, 0.6) is 0 Å². The molecule has 0 aromatic heterocycles. The Hall–Kier alpha value is -1.03. The summed E-state index contributed by atoms with van der Waals surface area (Å²) in [6.07, 6.45) is 2.37. The van der Waals surface area contributed by atoms with Crippen molar-refractivity contribution in [2.24, 2.45) is 5.92 Å². The normalized spacial score (nSPS) is 18.6. The van der Waals surface area contributed by atoms with E-state index in [0.29, 0.717) is 12.5 Å². The van der Waals surface area contributed by atoms with Crippen molar-refractivity contribution >= 4 is 0 Å². The van der Waals surface area contributed by atoms with Crippen molar-refractivity contribution in [3.63, 3.8) is 0 Å². The Balaban J connectivity index is 1.86. The zero-order chi connectivity index (χ0) is 15.1. The van der Waals surface area contributed by atoms with Crippen LogP contribution in [0, 0.1) is 5.92 Å². The van der Waals surface area contributed by atoms with Gasteiger partial charge in [0.25, 0.3) is 0 Å². The maximum atomic E-state index is 12.7. The summed E-state index contributed by atoms with van der Waals surface area (Å²) in [6.45, 7) is 0.667. The number of nitrogens with one attached hydrogen (secondary N) is 1. The smallest absolute Gasteiger partial charge is 0.310 e. The summed E-state index contributed by atoms with van der Waals surface area (Å²) in [5, 5.41) is 3.12. The molecule has 1 aliphatic carbocycles. The summed E-state index contributed by atoms with van der Waals surface area (Å²) < 4.78 is 38.2. The highest BCUT2D eigenvalue weighted by molar-refractivity contribution is 5.19. The molecule has 0 spiro atoms. The minimum Gasteiger partial charge on any atom is -0.310 e. The summed E-state index contributed by atoms with van der Waals surface area (Å²) in [7, 11) is 0. The summed E-state index contributed by atoms with van der Waals surface area (Å²) in [4.78, 5) is 0. The van der Waals surface area contributed by atoms with Gasteiger partial charge in [0, 0.05) is 6.04 Å². The number of halogens is 3. The Morgan fingerprint density at radius 1 is 1.05 bits per heavy atom.